The fourth-order valence-corrected chi connectivity index (χ4v) is 1.08. The summed E-state index contributed by atoms with van der Waals surface area (Å²) < 4.78 is 10.5. The van der Waals surface area contributed by atoms with Crippen LogP contribution in [0.15, 0.2) is 0 Å². The van der Waals surface area contributed by atoms with E-state index in [2.05, 4.69) is 4.74 Å². The molecule has 0 saturated heterocycles. The van der Waals surface area contributed by atoms with E-state index >= 15 is 0 Å². The third kappa shape index (κ3) is 8.37. The molecule has 9 heavy (non-hydrogen) atoms. The van der Waals surface area contributed by atoms with Gasteiger partial charge in [-0.15, -0.1) is 0 Å². The average Bonchev–Trinajstić information content (AvgIpc) is 1.80. The predicted molar refractivity (Wildman–Crippen MR) is 27.4 cm³/mol. The van der Waals surface area contributed by atoms with Gasteiger partial charge >= 0.3 is 70.6 Å². The second kappa shape index (κ2) is 6.48. The number of carbonyl (C=O) groups is 1. The van der Waals surface area contributed by atoms with Crippen LogP contribution in [0.2, 0.25) is 3.93 Å². The van der Waals surface area contributed by atoms with Gasteiger partial charge in [-0.3, -0.25) is 0 Å². The topological polar surface area (TPSA) is 35.5 Å². The number of hydrogen-bond acceptors (Lipinski definition) is 3. The molecule has 3 nitrogen and oxygen atoms in total. The zero-order valence-corrected chi connectivity index (χ0v) is 11.1. The molecule has 0 N–H and O–H groups in total. The summed E-state index contributed by atoms with van der Waals surface area (Å²) in [6.07, 6.45) is 0. The average molecular weight is 318 g/mol. The fraction of sp³-hybridized carbons (Fsp3) is 0.800. The Hall–Kier alpha value is 0.365. The van der Waals surface area contributed by atoms with Crippen molar-refractivity contribution >= 4 is 5.97 Å². The molecule has 0 bridgehead atoms. The Morgan fingerprint density at radius 2 is 2.33 bits per heavy atom. The molecule has 0 amide bonds. The molecule has 0 atom stereocenters. The molecule has 0 fully saturated rings. The van der Waals surface area contributed by atoms with E-state index in [-0.39, 0.29) is 12.8 Å². The van der Waals surface area contributed by atoms with E-state index in [1.54, 1.807) is 0 Å². The number of rotatable bonds is 4. The fourth-order valence-electron chi connectivity index (χ4n) is 0.286. The van der Waals surface area contributed by atoms with Gasteiger partial charge in [-0.05, 0) is 0 Å². The summed E-state index contributed by atoms with van der Waals surface area (Å²) in [6.45, 7) is 2.22. The second-order valence-corrected chi connectivity index (χ2v) is 4.26. The van der Waals surface area contributed by atoms with Crippen molar-refractivity contribution in [1.82, 2.24) is 0 Å². The number of hydrogen-bond donors (Lipinski definition) is 0. The normalized spacial score (nSPS) is 9.22. The maximum absolute atomic E-state index is 10.1. The van der Waals surface area contributed by atoms with Crippen molar-refractivity contribution in [2.24, 2.45) is 0 Å². The van der Waals surface area contributed by atoms with Crippen LogP contribution in [0.3, 0.4) is 0 Å². The third-order valence-corrected chi connectivity index (χ3v) is 1.76. The van der Waals surface area contributed by atoms with Gasteiger partial charge in [0.15, 0.2) is 0 Å². The number of ether oxygens (including phenoxy) is 2. The summed E-state index contributed by atoms with van der Waals surface area (Å²) in [4.78, 5) is 10.1. The van der Waals surface area contributed by atoms with E-state index in [9.17, 15) is 4.79 Å². The van der Waals surface area contributed by atoms with Crippen LogP contribution < -0.4 is 0 Å². The minimum atomic E-state index is -0.284. The Labute approximate surface area is 70.7 Å². The summed E-state index contributed by atoms with van der Waals surface area (Å²) in [7, 11) is 0. The maximum atomic E-state index is 10.1. The van der Waals surface area contributed by atoms with Gasteiger partial charge in [-0.1, -0.05) is 0 Å². The molecule has 0 spiro atoms. The molecule has 0 aromatic rings. The van der Waals surface area contributed by atoms with Crippen LogP contribution in [0.25, 0.3) is 0 Å². The van der Waals surface area contributed by atoms with Crippen molar-refractivity contribution in [2.75, 3.05) is 13.4 Å². The first-order chi connectivity index (χ1) is 4.27. The molecular formula is C5H9HgO3. The monoisotopic (exact) mass is 319 g/mol. The molecule has 0 rings (SSSR count). The van der Waals surface area contributed by atoms with Crippen LogP contribution in [0.4, 0.5) is 0 Å². The van der Waals surface area contributed by atoms with E-state index in [0.717, 1.165) is 36.7 Å². The van der Waals surface area contributed by atoms with Crippen LogP contribution in [0, 0.1) is 0 Å². The van der Waals surface area contributed by atoms with Crippen molar-refractivity contribution < 1.29 is 40.4 Å². The van der Waals surface area contributed by atoms with Crippen LogP contribution in [-0.4, -0.2) is 19.4 Å². The quantitative estimate of drug-likeness (QED) is 0.328. The first-order valence-corrected chi connectivity index (χ1v) is 6.66. The second-order valence-electron chi connectivity index (χ2n) is 1.52. The van der Waals surface area contributed by atoms with Gasteiger partial charge in [0.25, 0.3) is 0 Å². The first kappa shape index (κ1) is 9.37. The summed E-state index contributed by atoms with van der Waals surface area (Å²) in [6, 6.07) is 0. The van der Waals surface area contributed by atoms with Gasteiger partial charge < -0.3 is 0 Å². The zero-order chi connectivity index (χ0) is 7.11. The Kier molecular flexibility index (Phi) is 6.75. The molecule has 0 aliphatic carbocycles. The molecule has 0 aliphatic rings. The minimum absolute atomic E-state index is 0.118. The van der Waals surface area contributed by atoms with Crippen LogP contribution >= 0.6 is 0 Å². The molecule has 0 saturated carbocycles. The summed E-state index contributed by atoms with van der Waals surface area (Å²) in [5, 5.41) is 0. The van der Waals surface area contributed by atoms with Crippen LogP contribution in [0.5, 0.6) is 0 Å². The summed E-state index contributed by atoms with van der Waals surface area (Å²) in [5.41, 5.74) is 0. The van der Waals surface area contributed by atoms with Crippen molar-refractivity contribution in [2.45, 2.75) is 10.9 Å². The van der Waals surface area contributed by atoms with E-state index < -0.39 is 0 Å². The Morgan fingerprint density at radius 3 is 2.78 bits per heavy atom. The van der Waals surface area contributed by atoms with Crippen molar-refractivity contribution in [3.8, 4) is 0 Å². The molecule has 49 valence electrons. The number of esters is 1. The summed E-state index contributed by atoms with van der Waals surface area (Å²) in [5.74, 6) is -0.284. The Balaban J connectivity index is 2.83. The van der Waals surface area contributed by atoms with E-state index in [1.165, 1.54) is 6.92 Å². The van der Waals surface area contributed by atoms with E-state index in [1.807, 2.05) is 0 Å². The van der Waals surface area contributed by atoms with Gasteiger partial charge in [0.1, 0.15) is 0 Å². The third-order valence-electron chi connectivity index (χ3n) is 0.634. The predicted octanol–water partition coefficient (Wildman–Crippen LogP) is 0.489. The van der Waals surface area contributed by atoms with Gasteiger partial charge in [0, 0.05) is 0 Å². The van der Waals surface area contributed by atoms with Gasteiger partial charge in [0.2, 0.25) is 0 Å². The number of carbonyl (C=O) groups excluding carboxylic acids is 1. The van der Waals surface area contributed by atoms with Crippen molar-refractivity contribution in [1.29, 1.82) is 0 Å². The Morgan fingerprint density at radius 1 is 1.67 bits per heavy atom. The molecule has 4 heteroatoms. The molecule has 0 aromatic carbocycles. The van der Waals surface area contributed by atoms with E-state index in [4.69, 9.17) is 4.74 Å². The van der Waals surface area contributed by atoms with Crippen molar-refractivity contribution in [3.05, 3.63) is 0 Å². The SMILES string of the molecule is CC(=O)OCOC[CH2][Hg]. The Bertz CT molecular complexity index is 84.3. The first-order valence-electron chi connectivity index (χ1n) is 2.77. The molecular weight excluding hydrogens is 309 g/mol. The van der Waals surface area contributed by atoms with Gasteiger partial charge in [0.05, 0.1) is 0 Å². The van der Waals surface area contributed by atoms with Gasteiger partial charge in [-0.2, -0.15) is 0 Å². The molecule has 0 aliphatic heterocycles. The van der Waals surface area contributed by atoms with Crippen LogP contribution in [0.1, 0.15) is 6.92 Å². The van der Waals surface area contributed by atoms with E-state index in [0.29, 0.717) is 0 Å². The van der Waals surface area contributed by atoms with Gasteiger partial charge in [-0.25, -0.2) is 0 Å². The molecule has 0 heterocycles. The van der Waals surface area contributed by atoms with Crippen molar-refractivity contribution in [3.63, 3.8) is 0 Å². The standard InChI is InChI=1S/C5H9O3.Hg/c1-3-7-4-8-5(2)6;/h1,3-4H2,2H3;. The molecule has 0 radical (unpaired) electrons. The molecule has 0 unspecified atom stereocenters. The molecule has 0 aromatic heterocycles. The zero-order valence-electron chi connectivity index (χ0n) is 5.55. The van der Waals surface area contributed by atoms with Crippen LogP contribution in [-0.2, 0) is 40.4 Å². The summed E-state index contributed by atoms with van der Waals surface area (Å²) >= 11 is 0.794.